The van der Waals surface area contributed by atoms with E-state index in [1.54, 1.807) is 18.7 Å². The highest BCUT2D eigenvalue weighted by Crippen LogP contribution is 2.35. The molecule has 3 aromatic heterocycles. The van der Waals surface area contributed by atoms with E-state index in [1.165, 1.54) is 28.7 Å². The zero-order chi connectivity index (χ0) is 25.1. The number of carbonyl (C=O) groups excluding carboxylic acids is 1. The van der Waals surface area contributed by atoms with E-state index in [0.29, 0.717) is 46.1 Å². The molecule has 0 spiro atoms. The van der Waals surface area contributed by atoms with Gasteiger partial charge in [0.15, 0.2) is 0 Å². The predicted molar refractivity (Wildman–Crippen MR) is 135 cm³/mol. The van der Waals surface area contributed by atoms with Gasteiger partial charge in [0.05, 0.1) is 23.6 Å². The summed E-state index contributed by atoms with van der Waals surface area (Å²) in [4.78, 5) is 46.9. The quantitative estimate of drug-likeness (QED) is 0.353. The number of aromatic nitrogens is 3. The predicted octanol–water partition coefficient (Wildman–Crippen LogP) is 3.31. The van der Waals surface area contributed by atoms with Crippen LogP contribution in [0.2, 0.25) is 0 Å². The summed E-state index contributed by atoms with van der Waals surface area (Å²) in [7, 11) is 3.28. The van der Waals surface area contributed by atoms with Gasteiger partial charge in [-0.3, -0.25) is 18.7 Å². The van der Waals surface area contributed by atoms with Gasteiger partial charge in [0.1, 0.15) is 23.4 Å². The highest BCUT2D eigenvalue weighted by Gasteiger charge is 2.24. The Morgan fingerprint density at radius 3 is 2.69 bits per heavy atom. The molecule has 0 N–H and O–H groups in total. The van der Waals surface area contributed by atoms with Crippen molar-refractivity contribution < 1.29 is 13.9 Å². The van der Waals surface area contributed by atoms with E-state index < -0.39 is 11.2 Å². The van der Waals surface area contributed by atoms with Gasteiger partial charge >= 0.3 is 5.69 Å². The molecule has 0 bridgehead atoms. The molecule has 0 radical (unpaired) electrons. The average molecular weight is 497 g/mol. The Bertz CT molecular complexity index is 1470. The summed E-state index contributed by atoms with van der Waals surface area (Å²) in [5, 5.41) is 0.397. The molecule has 184 valence electrons. The van der Waals surface area contributed by atoms with E-state index in [1.807, 2.05) is 38.1 Å². The molecule has 1 aromatic carbocycles. The Hall–Kier alpha value is -3.66. The van der Waals surface area contributed by atoms with E-state index in [-0.39, 0.29) is 12.5 Å². The van der Waals surface area contributed by atoms with Gasteiger partial charge in [-0.2, -0.15) is 0 Å². The first kappa shape index (κ1) is 24.5. The molecule has 9 nitrogen and oxygen atoms in total. The van der Waals surface area contributed by atoms with Crippen LogP contribution in [-0.4, -0.2) is 45.6 Å². The SMILES string of the molecule is CCCN(C)C(=O)Cn1c(=O)c2c(C)c(-c3ncco3)sc2n(CCc2ccccc2OC)c1=O. The van der Waals surface area contributed by atoms with Gasteiger partial charge < -0.3 is 14.1 Å². The number of hydrogen-bond donors (Lipinski definition) is 0. The second-order valence-electron chi connectivity index (χ2n) is 8.28. The van der Waals surface area contributed by atoms with Crippen molar-refractivity contribution in [3.8, 4) is 16.5 Å². The lowest BCUT2D eigenvalue weighted by molar-refractivity contribution is -0.130. The molecule has 0 aliphatic rings. The maximum absolute atomic E-state index is 13.6. The number of nitrogens with zero attached hydrogens (tertiary/aromatic N) is 4. The molecule has 0 aliphatic carbocycles. The second kappa shape index (κ2) is 10.3. The van der Waals surface area contributed by atoms with Crippen molar-refractivity contribution in [1.29, 1.82) is 0 Å². The van der Waals surface area contributed by atoms with Crippen LogP contribution in [0.4, 0.5) is 0 Å². The van der Waals surface area contributed by atoms with Gasteiger partial charge in [-0.05, 0) is 37.0 Å². The third-order valence-corrected chi connectivity index (χ3v) is 7.30. The largest absolute Gasteiger partial charge is 0.496 e. The lowest BCUT2D eigenvalue weighted by atomic mass is 10.1. The Labute approximate surface area is 206 Å². The third-order valence-electron chi connectivity index (χ3n) is 6.00. The van der Waals surface area contributed by atoms with Crippen LogP contribution >= 0.6 is 11.3 Å². The summed E-state index contributed by atoms with van der Waals surface area (Å²) < 4.78 is 13.5. The van der Waals surface area contributed by atoms with Crippen LogP contribution in [0.5, 0.6) is 5.75 Å². The van der Waals surface area contributed by atoms with Gasteiger partial charge in [-0.25, -0.2) is 9.78 Å². The summed E-state index contributed by atoms with van der Waals surface area (Å²) in [6.07, 6.45) is 4.29. The van der Waals surface area contributed by atoms with Crippen LogP contribution in [0, 0.1) is 6.92 Å². The van der Waals surface area contributed by atoms with Crippen molar-refractivity contribution in [3.05, 3.63) is 68.7 Å². The van der Waals surface area contributed by atoms with E-state index in [2.05, 4.69) is 4.98 Å². The Morgan fingerprint density at radius 1 is 1.23 bits per heavy atom. The molecule has 0 aliphatic heterocycles. The van der Waals surface area contributed by atoms with Crippen LogP contribution in [0.15, 0.2) is 50.7 Å². The maximum Gasteiger partial charge on any atom is 0.332 e. The minimum absolute atomic E-state index is 0.289. The molecule has 1 amide bonds. The highest BCUT2D eigenvalue weighted by molar-refractivity contribution is 7.22. The van der Waals surface area contributed by atoms with Crippen LogP contribution < -0.4 is 16.0 Å². The number of hydrogen-bond acceptors (Lipinski definition) is 7. The first-order valence-electron chi connectivity index (χ1n) is 11.4. The first-order chi connectivity index (χ1) is 16.9. The third kappa shape index (κ3) is 4.66. The van der Waals surface area contributed by atoms with Crippen molar-refractivity contribution in [3.63, 3.8) is 0 Å². The second-order valence-corrected chi connectivity index (χ2v) is 9.28. The molecule has 4 aromatic rings. The lowest BCUT2D eigenvalue weighted by Gasteiger charge is -2.18. The van der Waals surface area contributed by atoms with Crippen LogP contribution in [0.25, 0.3) is 21.0 Å². The van der Waals surface area contributed by atoms with Crippen LogP contribution in [0.3, 0.4) is 0 Å². The normalized spacial score (nSPS) is 11.2. The van der Waals surface area contributed by atoms with E-state index >= 15 is 0 Å². The van der Waals surface area contributed by atoms with E-state index in [0.717, 1.165) is 22.3 Å². The number of para-hydroxylation sites is 1. The number of methoxy groups -OCH3 is 1. The monoisotopic (exact) mass is 496 g/mol. The van der Waals surface area contributed by atoms with Crippen molar-refractivity contribution in [2.45, 2.75) is 39.8 Å². The van der Waals surface area contributed by atoms with Gasteiger partial charge in [0, 0.05) is 20.1 Å². The van der Waals surface area contributed by atoms with Gasteiger partial charge in [-0.1, -0.05) is 25.1 Å². The van der Waals surface area contributed by atoms with Crippen LogP contribution in [-0.2, 0) is 24.3 Å². The number of aryl methyl sites for hydroxylation is 3. The molecule has 0 atom stereocenters. The number of carbonyl (C=O) groups is 1. The number of amides is 1. The van der Waals surface area contributed by atoms with E-state index in [9.17, 15) is 14.4 Å². The number of benzene rings is 1. The molecule has 10 heteroatoms. The number of thiophene rings is 1. The number of rotatable bonds is 9. The summed E-state index contributed by atoms with van der Waals surface area (Å²) >= 11 is 1.29. The van der Waals surface area contributed by atoms with Crippen LogP contribution in [0.1, 0.15) is 24.5 Å². The Kier molecular flexibility index (Phi) is 7.20. The maximum atomic E-state index is 13.6. The lowest BCUT2D eigenvalue weighted by Crippen LogP contribution is -2.44. The molecule has 0 unspecified atom stereocenters. The smallest absolute Gasteiger partial charge is 0.332 e. The van der Waals surface area contributed by atoms with Gasteiger partial charge in [-0.15, -0.1) is 11.3 Å². The average Bonchev–Trinajstić information content (AvgIpc) is 3.50. The zero-order valence-electron chi connectivity index (χ0n) is 20.2. The summed E-state index contributed by atoms with van der Waals surface area (Å²) in [5.74, 6) is 0.823. The van der Waals surface area contributed by atoms with Crippen molar-refractivity contribution in [2.75, 3.05) is 20.7 Å². The fourth-order valence-electron chi connectivity index (χ4n) is 4.13. The van der Waals surface area contributed by atoms with Gasteiger partial charge in [0.25, 0.3) is 5.56 Å². The number of ether oxygens (including phenoxy) is 1. The number of oxazole rings is 1. The topological polar surface area (TPSA) is 99.6 Å². The molecule has 35 heavy (non-hydrogen) atoms. The molecular formula is C25H28N4O5S. The molecule has 0 saturated heterocycles. The fraction of sp³-hybridized carbons (Fsp3) is 0.360. The van der Waals surface area contributed by atoms with E-state index in [4.69, 9.17) is 9.15 Å². The molecular weight excluding hydrogens is 468 g/mol. The molecule has 4 rings (SSSR count). The summed E-state index contributed by atoms with van der Waals surface area (Å²) in [6, 6.07) is 7.61. The fourth-order valence-corrected chi connectivity index (χ4v) is 5.39. The molecule has 0 saturated carbocycles. The van der Waals surface area contributed by atoms with Crippen molar-refractivity contribution in [2.24, 2.45) is 0 Å². The highest BCUT2D eigenvalue weighted by atomic mass is 32.1. The van der Waals surface area contributed by atoms with Crippen molar-refractivity contribution >= 4 is 27.5 Å². The molecule has 0 fully saturated rings. The Morgan fingerprint density at radius 2 is 2.00 bits per heavy atom. The number of fused-ring (bicyclic) bond motifs is 1. The number of likely N-dealkylation sites (N-methyl/N-ethyl adjacent to an activating group) is 1. The Balaban J connectivity index is 1.87. The minimum atomic E-state index is -0.518. The first-order valence-corrected chi connectivity index (χ1v) is 12.2. The standard InChI is InChI=1S/C25H28N4O5S/c1-5-12-27(3)19(30)15-29-23(31)20-16(2)21(22-26-11-14-34-22)35-24(20)28(25(29)32)13-10-17-8-6-7-9-18(17)33-4/h6-9,11,14H,5,10,12-13,15H2,1-4H3. The minimum Gasteiger partial charge on any atom is -0.496 e. The summed E-state index contributed by atoms with van der Waals surface area (Å²) in [5.41, 5.74) is 0.610. The zero-order valence-corrected chi connectivity index (χ0v) is 21.1. The summed E-state index contributed by atoms with van der Waals surface area (Å²) in [6.45, 7) is 4.31. The van der Waals surface area contributed by atoms with Crippen molar-refractivity contribution in [1.82, 2.24) is 19.0 Å². The van der Waals surface area contributed by atoms with Gasteiger partial charge in [0.2, 0.25) is 11.8 Å². The molecule has 3 heterocycles.